The molecule has 0 aromatic heterocycles. The van der Waals surface area contributed by atoms with Gasteiger partial charge in [0, 0.05) is 19.5 Å². The first-order valence-electron chi connectivity index (χ1n) is 11.2. The molecular formula is C27H29N2O2P. The Kier molecular flexibility index (Phi) is 7.68. The molecule has 0 saturated carbocycles. The van der Waals surface area contributed by atoms with Crippen LogP contribution < -0.4 is 15.9 Å². The number of carbonyl (C=O) groups is 2. The van der Waals surface area contributed by atoms with Crippen LogP contribution in [0.4, 0.5) is 0 Å². The molecule has 1 atom stereocenters. The van der Waals surface area contributed by atoms with Gasteiger partial charge in [-0.25, -0.2) is 0 Å². The standard InChI is InChI=1S/C27H29N2O2P/c30-26(18-20-32(23-13-6-2-7-14-23)24-15-8-3-9-16-24)29-19-10-17-25(29)27(31)28-21-22-11-4-1-5-12-22/h1-9,11-16,25H,10,17-21H2,(H,28,31)/t25-/m0/s1. The van der Waals surface area contributed by atoms with E-state index in [-0.39, 0.29) is 17.9 Å². The molecule has 1 heterocycles. The third-order valence-corrected chi connectivity index (χ3v) is 8.38. The minimum absolute atomic E-state index is 0.0481. The highest BCUT2D eigenvalue weighted by atomic mass is 31.1. The molecule has 0 unspecified atom stereocenters. The molecule has 1 aliphatic heterocycles. The van der Waals surface area contributed by atoms with Gasteiger partial charge in [0.25, 0.3) is 0 Å². The predicted octanol–water partition coefficient (Wildman–Crippen LogP) is 3.82. The summed E-state index contributed by atoms with van der Waals surface area (Å²) in [4.78, 5) is 27.8. The van der Waals surface area contributed by atoms with E-state index in [1.165, 1.54) is 10.6 Å². The van der Waals surface area contributed by atoms with Gasteiger partial charge in [-0.15, -0.1) is 0 Å². The van der Waals surface area contributed by atoms with Crippen LogP contribution in [-0.2, 0) is 16.1 Å². The molecule has 1 N–H and O–H groups in total. The summed E-state index contributed by atoms with van der Waals surface area (Å²) in [5.74, 6) is 0.0369. The number of hydrogen-bond acceptors (Lipinski definition) is 2. The molecular weight excluding hydrogens is 415 g/mol. The van der Waals surface area contributed by atoms with Crippen molar-refractivity contribution in [3.63, 3.8) is 0 Å². The molecule has 4 rings (SSSR count). The fraction of sp³-hybridized carbons (Fsp3) is 0.259. The molecule has 0 aliphatic carbocycles. The second kappa shape index (κ2) is 11.1. The maximum absolute atomic E-state index is 13.2. The molecule has 164 valence electrons. The van der Waals surface area contributed by atoms with Crippen molar-refractivity contribution in [3.05, 3.63) is 96.6 Å². The van der Waals surface area contributed by atoms with Crippen LogP contribution in [0.25, 0.3) is 0 Å². The van der Waals surface area contributed by atoms with E-state index in [9.17, 15) is 9.59 Å². The fourth-order valence-corrected chi connectivity index (χ4v) is 6.51. The first-order valence-corrected chi connectivity index (χ1v) is 12.7. The Hall–Kier alpha value is -2.97. The number of amides is 2. The highest BCUT2D eigenvalue weighted by Gasteiger charge is 2.34. The van der Waals surface area contributed by atoms with E-state index >= 15 is 0 Å². The Balaban J connectivity index is 1.38. The molecule has 3 aromatic carbocycles. The lowest BCUT2D eigenvalue weighted by molar-refractivity contribution is -0.138. The van der Waals surface area contributed by atoms with E-state index in [1.54, 1.807) is 4.90 Å². The van der Waals surface area contributed by atoms with Gasteiger partial charge in [0.05, 0.1) is 0 Å². The maximum atomic E-state index is 13.2. The van der Waals surface area contributed by atoms with Crippen molar-refractivity contribution in [2.24, 2.45) is 0 Å². The van der Waals surface area contributed by atoms with Crippen molar-refractivity contribution < 1.29 is 9.59 Å². The Bertz CT molecular complexity index is 972. The average molecular weight is 445 g/mol. The van der Waals surface area contributed by atoms with E-state index in [0.29, 0.717) is 19.5 Å². The molecule has 32 heavy (non-hydrogen) atoms. The minimum Gasteiger partial charge on any atom is -0.350 e. The van der Waals surface area contributed by atoms with E-state index in [2.05, 4.69) is 53.8 Å². The molecule has 1 fully saturated rings. The van der Waals surface area contributed by atoms with E-state index in [0.717, 1.165) is 24.6 Å². The van der Waals surface area contributed by atoms with Gasteiger partial charge in [-0.1, -0.05) is 91.0 Å². The van der Waals surface area contributed by atoms with E-state index < -0.39 is 7.92 Å². The first-order chi connectivity index (χ1) is 15.7. The van der Waals surface area contributed by atoms with Crippen LogP contribution in [0.1, 0.15) is 24.8 Å². The molecule has 4 nitrogen and oxygen atoms in total. The maximum Gasteiger partial charge on any atom is 0.243 e. The summed E-state index contributed by atoms with van der Waals surface area (Å²) in [6.07, 6.45) is 2.86. The average Bonchev–Trinajstić information content (AvgIpc) is 3.35. The Labute approximate surface area is 191 Å². The van der Waals surface area contributed by atoms with Gasteiger partial charge >= 0.3 is 0 Å². The van der Waals surface area contributed by atoms with Crippen LogP contribution >= 0.6 is 7.92 Å². The third kappa shape index (κ3) is 5.63. The summed E-state index contributed by atoms with van der Waals surface area (Å²) >= 11 is 0. The number of rotatable bonds is 8. The molecule has 2 amide bonds. The molecule has 0 spiro atoms. The number of benzene rings is 3. The normalized spacial score (nSPS) is 15.7. The molecule has 3 aromatic rings. The summed E-state index contributed by atoms with van der Waals surface area (Å²) in [5, 5.41) is 5.57. The third-order valence-electron chi connectivity index (χ3n) is 5.87. The quantitative estimate of drug-likeness (QED) is 0.537. The summed E-state index contributed by atoms with van der Waals surface area (Å²) in [6, 6.07) is 30.4. The van der Waals surface area contributed by atoms with E-state index in [4.69, 9.17) is 0 Å². The lowest BCUT2D eigenvalue weighted by atomic mass is 10.2. The zero-order chi connectivity index (χ0) is 22.2. The second-order valence-corrected chi connectivity index (χ2v) is 10.4. The lowest BCUT2D eigenvalue weighted by Gasteiger charge is -2.25. The SMILES string of the molecule is O=C(NCc1ccccc1)[C@@H]1CCCN1C(=O)CCP(c1ccccc1)c1ccccc1. The fourth-order valence-electron chi connectivity index (χ4n) is 4.21. The number of hydrogen-bond donors (Lipinski definition) is 1. The largest absolute Gasteiger partial charge is 0.350 e. The van der Waals surface area contributed by atoms with Gasteiger partial charge < -0.3 is 10.2 Å². The van der Waals surface area contributed by atoms with Crippen LogP contribution in [0.5, 0.6) is 0 Å². The van der Waals surface area contributed by atoms with Crippen molar-refractivity contribution in [2.75, 3.05) is 12.7 Å². The lowest BCUT2D eigenvalue weighted by Crippen LogP contribution is -2.45. The van der Waals surface area contributed by atoms with Crippen molar-refractivity contribution >= 4 is 30.3 Å². The smallest absolute Gasteiger partial charge is 0.243 e. The number of likely N-dealkylation sites (tertiary alicyclic amines) is 1. The van der Waals surface area contributed by atoms with Crippen LogP contribution in [0, 0.1) is 0 Å². The van der Waals surface area contributed by atoms with Crippen LogP contribution in [0.3, 0.4) is 0 Å². The van der Waals surface area contributed by atoms with Gasteiger partial charge in [-0.05, 0) is 43.1 Å². The molecule has 0 bridgehead atoms. The summed E-state index contributed by atoms with van der Waals surface area (Å²) in [6.45, 7) is 1.16. The van der Waals surface area contributed by atoms with Crippen molar-refractivity contribution in [2.45, 2.75) is 31.8 Å². The summed E-state index contributed by atoms with van der Waals surface area (Å²) < 4.78 is 0. The van der Waals surface area contributed by atoms with Crippen molar-refractivity contribution in [3.8, 4) is 0 Å². The van der Waals surface area contributed by atoms with Crippen LogP contribution in [-0.4, -0.2) is 35.5 Å². The summed E-state index contributed by atoms with van der Waals surface area (Å²) in [7, 11) is -0.612. The highest BCUT2D eigenvalue weighted by Crippen LogP contribution is 2.34. The van der Waals surface area contributed by atoms with Crippen LogP contribution in [0.2, 0.25) is 0 Å². The molecule has 1 aliphatic rings. The van der Waals surface area contributed by atoms with Crippen LogP contribution in [0.15, 0.2) is 91.0 Å². The van der Waals surface area contributed by atoms with Crippen molar-refractivity contribution in [1.29, 1.82) is 0 Å². The van der Waals surface area contributed by atoms with E-state index in [1.807, 2.05) is 42.5 Å². The monoisotopic (exact) mass is 444 g/mol. The highest BCUT2D eigenvalue weighted by molar-refractivity contribution is 7.73. The topological polar surface area (TPSA) is 49.4 Å². The van der Waals surface area contributed by atoms with Crippen molar-refractivity contribution in [1.82, 2.24) is 10.2 Å². The van der Waals surface area contributed by atoms with Gasteiger partial charge in [0.1, 0.15) is 6.04 Å². The summed E-state index contributed by atoms with van der Waals surface area (Å²) in [5.41, 5.74) is 1.06. The number of nitrogens with one attached hydrogen (secondary N) is 1. The molecule has 5 heteroatoms. The van der Waals surface area contributed by atoms with Gasteiger partial charge in [-0.2, -0.15) is 0 Å². The van der Waals surface area contributed by atoms with Gasteiger partial charge in [0.2, 0.25) is 11.8 Å². The molecule has 0 radical (unpaired) electrons. The zero-order valence-corrected chi connectivity index (χ0v) is 19.1. The zero-order valence-electron chi connectivity index (χ0n) is 18.2. The molecule has 1 saturated heterocycles. The first kappa shape index (κ1) is 22.2. The Morgan fingerprint density at radius 2 is 1.41 bits per heavy atom. The Morgan fingerprint density at radius 3 is 2.00 bits per heavy atom. The van der Waals surface area contributed by atoms with Gasteiger partial charge in [0.15, 0.2) is 0 Å². The number of carbonyl (C=O) groups excluding carboxylic acids is 2. The number of nitrogens with zero attached hydrogens (tertiary/aromatic N) is 1. The Morgan fingerprint density at radius 1 is 0.844 bits per heavy atom. The predicted molar refractivity (Wildman–Crippen MR) is 132 cm³/mol. The van der Waals surface area contributed by atoms with Gasteiger partial charge in [-0.3, -0.25) is 9.59 Å². The second-order valence-electron chi connectivity index (χ2n) is 8.02. The minimum atomic E-state index is -0.612.